The highest BCUT2D eigenvalue weighted by Gasteiger charge is 1.95. The Morgan fingerprint density at radius 3 is 2.14 bits per heavy atom. The monoisotopic (exact) mass is 104 g/mol. The molecule has 4 nitrogen and oxygen atoms in total. The van der Waals surface area contributed by atoms with Gasteiger partial charge in [0.2, 0.25) is 0 Å². The van der Waals surface area contributed by atoms with Gasteiger partial charge in [-0.25, -0.2) is 5.01 Å². The maximum absolute atomic E-state index is 5.33. The third kappa shape index (κ3) is 2.52. The van der Waals surface area contributed by atoms with Crippen LogP contribution in [0.2, 0.25) is 0 Å². The van der Waals surface area contributed by atoms with Gasteiger partial charge in [0.1, 0.15) is 0 Å². The van der Waals surface area contributed by atoms with E-state index in [1.807, 2.05) is 6.92 Å². The van der Waals surface area contributed by atoms with E-state index in [4.69, 9.17) is 11.6 Å². The molecule has 4 heteroatoms. The van der Waals surface area contributed by atoms with Gasteiger partial charge in [-0.2, -0.15) is 5.53 Å². The molecule has 0 rings (SSSR count). The van der Waals surface area contributed by atoms with Crippen molar-refractivity contribution in [2.24, 2.45) is 11.6 Å². The second-order valence-corrected chi connectivity index (χ2v) is 1.48. The Morgan fingerprint density at radius 2 is 2.14 bits per heavy atom. The lowest BCUT2D eigenvalue weighted by atomic mass is 10.6. The summed E-state index contributed by atoms with van der Waals surface area (Å²) >= 11 is 0. The molecule has 0 aromatic carbocycles. The van der Waals surface area contributed by atoms with Gasteiger partial charge in [0.15, 0.2) is 0 Å². The molecule has 5 N–H and O–H groups in total. The van der Waals surface area contributed by atoms with E-state index in [9.17, 15) is 0 Å². The summed E-state index contributed by atoms with van der Waals surface area (Å²) in [5.41, 5.74) is 7.70. The van der Waals surface area contributed by atoms with Crippen molar-refractivity contribution in [3.8, 4) is 0 Å². The lowest BCUT2D eigenvalue weighted by Crippen LogP contribution is -2.49. The predicted molar refractivity (Wildman–Crippen MR) is 28.7 cm³/mol. The average Bonchev–Trinajstić information content (AvgIpc) is 1.65. The van der Waals surface area contributed by atoms with Crippen LogP contribution in [-0.4, -0.2) is 18.2 Å². The summed E-state index contributed by atoms with van der Waals surface area (Å²) in [6, 6.07) is 0. The normalized spacial score (nSPS) is 15.0. The first-order chi connectivity index (χ1) is 3.18. The minimum atomic E-state index is -0.0370. The second-order valence-electron chi connectivity index (χ2n) is 1.48. The Bertz CT molecular complexity index is 44.2. The first-order valence-corrected chi connectivity index (χ1v) is 2.13. The molecule has 1 atom stereocenters. The molecule has 0 radical (unpaired) electrons. The molecule has 0 aliphatic rings. The summed E-state index contributed by atoms with van der Waals surface area (Å²) in [5.74, 6) is 4.97. The number of nitrogens with two attached hydrogens (primary N) is 2. The van der Waals surface area contributed by atoms with Gasteiger partial charge in [0.05, 0.1) is 6.17 Å². The second kappa shape index (κ2) is 2.92. The summed E-state index contributed by atoms with van der Waals surface area (Å²) in [4.78, 5) is 0. The lowest BCUT2D eigenvalue weighted by molar-refractivity contribution is 0.181. The van der Waals surface area contributed by atoms with Crippen LogP contribution < -0.4 is 17.1 Å². The molecule has 0 saturated carbocycles. The Hall–Kier alpha value is -0.160. The minimum absolute atomic E-state index is 0.0370. The Balaban J connectivity index is 3.14. The van der Waals surface area contributed by atoms with Gasteiger partial charge in [0, 0.05) is 7.05 Å². The molecule has 0 spiro atoms. The van der Waals surface area contributed by atoms with Gasteiger partial charge in [-0.15, -0.1) is 0 Å². The van der Waals surface area contributed by atoms with Gasteiger partial charge in [0.25, 0.3) is 0 Å². The van der Waals surface area contributed by atoms with E-state index in [0.29, 0.717) is 0 Å². The van der Waals surface area contributed by atoms with Gasteiger partial charge in [-0.3, -0.25) is 5.84 Å². The van der Waals surface area contributed by atoms with Crippen LogP contribution in [0.25, 0.3) is 0 Å². The maximum atomic E-state index is 5.33. The van der Waals surface area contributed by atoms with Crippen molar-refractivity contribution in [2.75, 3.05) is 7.05 Å². The van der Waals surface area contributed by atoms with Gasteiger partial charge < -0.3 is 5.73 Å². The van der Waals surface area contributed by atoms with Crippen LogP contribution in [0.4, 0.5) is 0 Å². The van der Waals surface area contributed by atoms with Crippen molar-refractivity contribution < 1.29 is 0 Å². The molecule has 7 heavy (non-hydrogen) atoms. The number of nitrogens with one attached hydrogen (secondary N) is 1. The molecule has 44 valence electrons. The third-order valence-corrected chi connectivity index (χ3v) is 0.815. The van der Waals surface area contributed by atoms with E-state index in [1.54, 1.807) is 12.1 Å². The number of hydrazine groups is 2. The summed E-state index contributed by atoms with van der Waals surface area (Å²) < 4.78 is 0. The molecular formula is C3H12N4. The van der Waals surface area contributed by atoms with Crippen LogP contribution >= 0.6 is 0 Å². The van der Waals surface area contributed by atoms with Crippen LogP contribution in [0.3, 0.4) is 0 Å². The summed E-state index contributed by atoms with van der Waals surface area (Å²) in [6.07, 6.45) is -0.0370. The van der Waals surface area contributed by atoms with Crippen LogP contribution in [0.15, 0.2) is 0 Å². The quantitative estimate of drug-likeness (QED) is 0.229. The predicted octanol–water partition coefficient (Wildman–Crippen LogP) is -1.40. The molecule has 0 amide bonds. The summed E-state index contributed by atoms with van der Waals surface area (Å²) in [6.45, 7) is 1.83. The van der Waals surface area contributed by atoms with Crippen molar-refractivity contribution in [2.45, 2.75) is 13.1 Å². The minimum Gasteiger partial charge on any atom is -0.315 e. The molecule has 0 aromatic heterocycles. The zero-order valence-electron chi connectivity index (χ0n) is 4.68. The van der Waals surface area contributed by atoms with Gasteiger partial charge in [-0.05, 0) is 6.92 Å². The largest absolute Gasteiger partial charge is 0.315 e. The van der Waals surface area contributed by atoms with Gasteiger partial charge in [-0.1, -0.05) is 0 Å². The molecule has 1 unspecified atom stereocenters. The Morgan fingerprint density at radius 1 is 1.71 bits per heavy atom. The fourth-order valence-corrected chi connectivity index (χ4v) is 0.118. The number of nitrogens with zero attached hydrogens (tertiary/aromatic N) is 1. The van der Waals surface area contributed by atoms with Crippen molar-refractivity contribution in [3.63, 3.8) is 0 Å². The number of hydrogen-bond acceptors (Lipinski definition) is 4. The fraction of sp³-hybridized carbons (Fsp3) is 1.00. The zero-order chi connectivity index (χ0) is 5.86. The zero-order valence-corrected chi connectivity index (χ0v) is 4.68. The van der Waals surface area contributed by atoms with Crippen LogP contribution in [0.1, 0.15) is 6.92 Å². The molecule has 0 heterocycles. The van der Waals surface area contributed by atoms with E-state index < -0.39 is 0 Å². The highest BCUT2D eigenvalue weighted by molar-refractivity contribution is 4.42. The SMILES string of the molecule is CC(N)N(C)NN. The van der Waals surface area contributed by atoms with Crippen molar-refractivity contribution in [3.05, 3.63) is 0 Å². The molecule has 0 fully saturated rings. The van der Waals surface area contributed by atoms with Crippen LogP contribution in [-0.2, 0) is 0 Å². The highest BCUT2D eigenvalue weighted by Crippen LogP contribution is 1.74. The average molecular weight is 104 g/mol. The number of hydrogen-bond donors (Lipinski definition) is 3. The molecule has 0 aromatic rings. The fourth-order valence-electron chi connectivity index (χ4n) is 0.118. The smallest absolute Gasteiger partial charge is 0.0689 e. The van der Waals surface area contributed by atoms with Crippen molar-refractivity contribution in [1.29, 1.82) is 0 Å². The highest BCUT2D eigenvalue weighted by atomic mass is 15.6. The summed E-state index contributed by atoms with van der Waals surface area (Å²) in [7, 11) is 1.77. The van der Waals surface area contributed by atoms with Crippen LogP contribution in [0, 0.1) is 0 Å². The molecular weight excluding hydrogens is 92.1 g/mol. The van der Waals surface area contributed by atoms with E-state index in [2.05, 4.69) is 5.53 Å². The molecule has 0 aliphatic carbocycles. The summed E-state index contributed by atoms with van der Waals surface area (Å²) in [5, 5.41) is 1.60. The molecule has 0 bridgehead atoms. The Labute approximate surface area is 43.4 Å². The van der Waals surface area contributed by atoms with E-state index in [1.165, 1.54) is 0 Å². The topological polar surface area (TPSA) is 67.3 Å². The number of rotatable bonds is 2. The first kappa shape index (κ1) is 6.84. The first-order valence-electron chi connectivity index (χ1n) is 2.13. The molecule has 0 saturated heterocycles. The standard InChI is InChI=1S/C3H12N4/c1-3(4)7(2)6-5/h3,6H,4-5H2,1-2H3. The Kier molecular flexibility index (Phi) is 2.86. The van der Waals surface area contributed by atoms with E-state index in [-0.39, 0.29) is 6.17 Å². The lowest BCUT2D eigenvalue weighted by Gasteiger charge is -2.17. The molecule has 0 aliphatic heterocycles. The van der Waals surface area contributed by atoms with Crippen LogP contribution in [0.5, 0.6) is 0 Å². The van der Waals surface area contributed by atoms with E-state index >= 15 is 0 Å². The van der Waals surface area contributed by atoms with Gasteiger partial charge >= 0.3 is 0 Å². The van der Waals surface area contributed by atoms with E-state index in [0.717, 1.165) is 0 Å². The third-order valence-electron chi connectivity index (χ3n) is 0.815. The maximum Gasteiger partial charge on any atom is 0.0689 e. The van der Waals surface area contributed by atoms with Crippen molar-refractivity contribution in [1.82, 2.24) is 10.5 Å². The van der Waals surface area contributed by atoms with Crippen molar-refractivity contribution >= 4 is 0 Å².